The van der Waals surface area contributed by atoms with Crippen molar-refractivity contribution in [3.05, 3.63) is 0 Å². The Labute approximate surface area is 232 Å². The number of hydrogen-bond acceptors (Lipinski definition) is 7. The first-order valence-corrected chi connectivity index (χ1v) is 15.8. The molecule has 8 fully saturated rings. The van der Waals surface area contributed by atoms with Crippen LogP contribution in [0.2, 0.25) is 0 Å². The zero-order valence-corrected chi connectivity index (χ0v) is 24.0. The van der Waals surface area contributed by atoms with E-state index in [1.165, 1.54) is 6.42 Å². The maximum atomic E-state index is 14.0. The molecule has 6 saturated carbocycles. The van der Waals surface area contributed by atoms with E-state index in [1.807, 2.05) is 13.8 Å². The molecule has 7 nitrogen and oxygen atoms in total. The summed E-state index contributed by atoms with van der Waals surface area (Å²) in [4.78, 5) is 40.8. The first-order chi connectivity index (χ1) is 18.7. The minimum atomic E-state index is -1.14. The molecule has 6 bridgehead atoms. The summed E-state index contributed by atoms with van der Waals surface area (Å²) in [5.41, 5.74) is -1.14. The number of esters is 3. The zero-order valence-electron chi connectivity index (χ0n) is 24.0. The first kappa shape index (κ1) is 26.4. The number of carbonyl (C=O) groups excluding carboxylic acids is 3. The molecular formula is C32H46O7. The molecule has 2 aliphatic heterocycles. The minimum absolute atomic E-state index is 0.0173. The lowest BCUT2D eigenvalue weighted by atomic mass is 9.55. The summed E-state index contributed by atoms with van der Waals surface area (Å²) in [6, 6.07) is 0. The van der Waals surface area contributed by atoms with Crippen LogP contribution < -0.4 is 0 Å². The molecule has 9 atom stereocenters. The molecule has 0 radical (unpaired) electrons. The number of ether oxygens (including phenoxy) is 4. The van der Waals surface area contributed by atoms with Gasteiger partial charge in [-0.3, -0.25) is 14.4 Å². The molecule has 8 aliphatic rings. The van der Waals surface area contributed by atoms with Gasteiger partial charge >= 0.3 is 17.9 Å². The number of methoxy groups -OCH3 is 1. The third-order valence-electron chi connectivity index (χ3n) is 12.6. The molecule has 2 heterocycles. The van der Waals surface area contributed by atoms with E-state index in [0.717, 1.165) is 69.6 Å². The molecule has 0 aromatic carbocycles. The lowest BCUT2D eigenvalue weighted by Crippen LogP contribution is -2.53. The Morgan fingerprint density at radius 2 is 1.46 bits per heavy atom. The lowest BCUT2D eigenvalue weighted by Gasteiger charge is -2.54. The van der Waals surface area contributed by atoms with Gasteiger partial charge in [-0.2, -0.15) is 0 Å². The highest BCUT2D eigenvalue weighted by molar-refractivity contribution is 6.00. The monoisotopic (exact) mass is 542 g/mol. The summed E-state index contributed by atoms with van der Waals surface area (Å²) in [5.74, 6) is 1.01. The van der Waals surface area contributed by atoms with Gasteiger partial charge in [-0.05, 0) is 131 Å². The second kappa shape index (κ2) is 9.54. The molecule has 0 N–H and O–H groups in total. The predicted octanol–water partition coefficient (Wildman–Crippen LogP) is 5.15. The van der Waals surface area contributed by atoms with Crippen LogP contribution in [0, 0.1) is 70.5 Å². The normalized spacial score (nSPS) is 50.5. The van der Waals surface area contributed by atoms with Crippen molar-refractivity contribution < 1.29 is 33.3 Å². The number of rotatable bonds is 6. The summed E-state index contributed by atoms with van der Waals surface area (Å²) < 4.78 is 23.8. The molecule has 0 spiro atoms. The van der Waals surface area contributed by atoms with Crippen molar-refractivity contribution in [2.75, 3.05) is 7.11 Å². The number of carbonyl (C=O) groups is 3. The fourth-order valence-corrected chi connectivity index (χ4v) is 11.1. The van der Waals surface area contributed by atoms with Crippen LogP contribution in [0.3, 0.4) is 0 Å². The minimum Gasteiger partial charge on any atom is -0.461 e. The van der Waals surface area contributed by atoms with E-state index in [0.29, 0.717) is 29.6 Å². The van der Waals surface area contributed by atoms with Crippen LogP contribution in [0.1, 0.15) is 85.0 Å². The summed E-state index contributed by atoms with van der Waals surface area (Å²) >= 11 is 0. The molecule has 2 saturated heterocycles. The fraction of sp³-hybridized carbons (Fsp3) is 0.906. The topological polar surface area (TPSA) is 88.1 Å². The van der Waals surface area contributed by atoms with Gasteiger partial charge in [-0.1, -0.05) is 6.92 Å². The summed E-state index contributed by atoms with van der Waals surface area (Å²) in [5, 5.41) is 0. The van der Waals surface area contributed by atoms with Crippen LogP contribution in [0.25, 0.3) is 0 Å². The Kier molecular flexibility index (Phi) is 6.46. The molecule has 9 unspecified atom stereocenters. The largest absolute Gasteiger partial charge is 0.461 e. The third-order valence-corrected chi connectivity index (χ3v) is 12.6. The van der Waals surface area contributed by atoms with Crippen molar-refractivity contribution in [3.63, 3.8) is 0 Å². The number of fused-ring (bicyclic) bond motifs is 2. The molecule has 216 valence electrons. The summed E-state index contributed by atoms with van der Waals surface area (Å²) in [6.45, 7) is 5.86. The van der Waals surface area contributed by atoms with Gasteiger partial charge in [0.1, 0.15) is 6.10 Å². The van der Waals surface area contributed by atoms with E-state index >= 15 is 0 Å². The Balaban J connectivity index is 1.15. The molecule has 0 amide bonds. The van der Waals surface area contributed by atoms with Gasteiger partial charge in [0.15, 0.2) is 6.29 Å². The Bertz CT molecular complexity index is 992. The molecule has 0 aromatic rings. The van der Waals surface area contributed by atoms with Crippen LogP contribution in [0.5, 0.6) is 0 Å². The van der Waals surface area contributed by atoms with Gasteiger partial charge in [-0.15, -0.1) is 0 Å². The number of cyclic esters (lactones) is 2. The predicted molar refractivity (Wildman–Crippen MR) is 141 cm³/mol. The highest BCUT2D eigenvalue weighted by atomic mass is 16.7. The van der Waals surface area contributed by atoms with Crippen LogP contribution in [0.15, 0.2) is 0 Å². The van der Waals surface area contributed by atoms with Crippen molar-refractivity contribution in [1.29, 1.82) is 0 Å². The van der Waals surface area contributed by atoms with Gasteiger partial charge in [0.25, 0.3) is 0 Å². The second-order valence-corrected chi connectivity index (χ2v) is 15.1. The van der Waals surface area contributed by atoms with Crippen LogP contribution >= 0.6 is 0 Å². The van der Waals surface area contributed by atoms with Crippen molar-refractivity contribution in [3.8, 4) is 0 Å². The molecule has 39 heavy (non-hydrogen) atoms. The van der Waals surface area contributed by atoms with Gasteiger partial charge in [-0.25, -0.2) is 0 Å². The lowest BCUT2D eigenvalue weighted by molar-refractivity contribution is -0.221. The molecular weight excluding hydrogens is 496 g/mol. The zero-order chi connectivity index (χ0) is 27.2. The van der Waals surface area contributed by atoms with E-state index in [1.54, 1.807) is 7.11 Å². The van der Waals surface area contributed by atoms with Crippen molar-refractivity contribution in [2.24, 2.45) is 70.5 Å². The van der Waals surface area contributed by atoms with Gasteiger partial charge < -0.3 is 18.9 Å². The highest BCUT2D eigenvalue weighted by Crippen LogP contribution is 2.62. The maximum Gasteiger partial charge on any atom is 0.318 e. The van der Waals surface area contributed by atoms with E-state index in [9.17, 15) is 14.4 Å². The average molecular weight is 543 g/mol. The highest BCUT2D eigenvalue weighted by Gasteiger charge is 2.65. The number of hydrogen-bond donors (Lipinski definition) is 0. The molecule has 6 aliphatic carbocycles. The maximum absolute atomic E-state index is 14.0. The van der Waals surface area contributed by atoms with E-state index < -0.39 is 29.2 Å². The summed E-state index contributed by atoms with van der Waals surface area (Å²) in [7, 11) is 1.69. The Morgan fingerprint density at radius 1 is 0.821 bits per heavy atom. The van der Waals surface area contributed by atoms with Gasteiger partial charge in [0.2, 0.25) is 0 Å². The quantitative estimate of drug-likeness (QED) is 0.339. The fourth-order valence-electron chi connectivity index (χ4n) is 11.1. The van der Waals surface area contributed by atoms with Crippen molar-refractivity contribution in [2.45, 2.75) is 103 Å². The van der Waals surface area contributed by atoms with Crippen molar-refractivity contribution in [1.82, 2.24) is 0 Å². The molecule has 8 rings (SSSR count). The second-order valence-electron chi connectivity index (χ2n) is 15.1. The molecule has 7 heteroatoms. The van der Waals surface area contributed by atoms with Crippen LogP contribution in [-0.4, -0.2) is 43.5 Å². The average Bonchev–Trinajstić information content (AvgIpc) is 3.58. The standard InChI is InChI=1S/C32H46O7/c1-15-5-8-22(36-4)37-27(15)24-19-7-6-18(14-19)23(24)25-26(30(34)39-29(25)33)32(2,3)31(35)38-28-20-10-16-9-17(12-20)13-21(28)11-16/h15-28H,5-14H2,1-4H3. The third kappa shape index (κ3) is 4.14. The Morgan fingerprint density at radius 3 is 2.10 bits per heavy atom. The first-order valence-electron chi connectivity index (χ1n) is 15.8. The summed E-state index contributed by atoms with van der Waals surface area (Å²) in [6.07, 6.45) is 10.8. The van der Waals surface area contributed by atoms with E-state index in [2.05, 4.69) is 6.92 Å². The van der Waals surface area contributed by atoms with Gasteiger partial charge in [0.05, 0.1) is 23.4 Å². The van der Waals surface area contributed by atoms with Crippen molar-refractivity contribution >= 4 is 17.9 Å². The smallest absolute Gasteiger partial charge is 0.318 e. The van der Waals surface area contributed by atoms with Crippen LogP contribution in [0.4, 0.5) is 0 Å². The molecule has 0 aromatic heterocycles. The SMILES string of the molecule is COC1CCC(C)C(C2C3CCC(C3)C2C2C(=O)OC(=O)C2C(C)(C)C(=O)OC2C3CC4CC(C3)CC2C4)O1. The van der Waals surface area contributed by atoms with Crippen LogP contribution in [-0.2, 0) is 33.3 Å². The van der Waals surface area contributed by atoms with E-state index in [-0.39, 0.29) is 36.3 Å². The van der Waals surface area contributed by atoms with Gasteiger partial charge in [0, 0.05) is 7.11 Å². The van der Waals surface area contributed by atoms with E-state index in [4.69, 9.17) is 18.9 Å². The Hall–Kier alpha value is -1.47.